The number of nitrogens with zero attached hydrogens (tertiary/aromatic N) is 2. The molecule has 0 saturated heterocycles. The van der Waals surface area contributed by atoms with Crippen LogP contribution in [-0.2, 0) is 13.5 Å². The Morgan fingerprint density at radius 3 is 3.00 bits per heavy atom. The zero-order valence-electron chi connectivity index (χ0n) is 9.90. The van der Waals surface area contributed by atoms with E-state index in [4.69, 9.17) is 4.42 Å². The molecule has 1 N–H and O–H groups in total. The van der Waals surface area contributed by atoms with E-state index in [1.54, 1.807) is 6.26 Å². The maximum Gasteiger partial charge on any atom is 0.125 e. The number of anilines is 1. The van der Waals surface area contributed by atoms with E-state index in [-0.39, 0.29) is 6.04 Å². The van der Waals surface area contributed by atoms with E-state index in [9.17, 15) is 0 Å². The summed E-state index contributed by atoms with van der Waals surface area (Å²) in [4.78, 5) is 0. The quantitative estimate of drug-likeness (QED) is 0.859. The summed E-state index contributed by atoms with van der Waals surface area (Å²) >= 11 is 0. The molecule has 0 fully saturated rings. The molecule has 2 rings (SSSR count). The lowest BCUT2D eigenvalue weighted by molar-refractivity contribution is 0.490. The van der Waals surface area contributed by atoms with E-state index < -0.39 is 0 Å². The van der Waals surface area contributed by atoms with Gasteiger partial charge in [0.05, 0.1) is 23.7 Å². The SMILES string of the molecule is CCc1nn(C)cc1NC(C)c1ccco1. The first-order valence-electron chi connectivity index (χ1n) is 5.53. The van der Waals surface area contributed by atoms with Gasteiger partial charge in [-0.25, -0.2) is 0 Å². The minimum atomic E-state index is 0.157. The molecule has 0 radical (unpaired) electrons. The number of furan rings is 1. The van der Waals surface area contributed by atoms with Gasteiger partial charge in [0.25, 0.3) is 0 Å². The molecule has 0 spiro atoms. The van der Waals surface area contributed by atoms with Gasteiger partial charge < -0.3 is 9.73 Å². The van der Waals surface area contributed by atoms with Crippen LogP contribution in [0.3, 0.4) is 0 Å². The maximum atomic E-state index is 5.36. The Balaban J connectivity index is 2.14. The predicted octanol–water partition coefficient (Wildman–Crippen LogP) is 2.75. The average Bonchev–Trinajstić information content (AvgIpc) is 2.87. The Hall–Kier alpha value is -1.71. The third-order valence-electron chi connectivity index (χ3n) is 2.58. The van der Waals surface area contributed by atoms with Crippen LogP contribution < -0.4 is 5.32 Å². The summed E-state index contributed by atoms with van der Waals surface area (Å²) in [6.45, 7) is 4.18. The van der Waals surface area contributed by atoms with E-state index in [0.717, 1.165) is 23.6 Å². The highest BCUT2D eigenvalue weighted by molar-refractivity contribution is 5.47. The molecule has 2 aromatic rings. The van der Waals surface area contributed by atoms with Crippen LogP contribution in [0, 0.1) is 0 Å². The van der Waals surface area contributed by atoms with E-state index >= 15 is 0 Å². The topological polar surface area (TPSA) is 43.0 Å². The lowest BCUT2D eigenvalue weighted by Gasteiger charge is -2.11. The number of rotatable bonds is 4. The summed E-state index contributed by atoms with van der Waals surface area (Å²) in [6, 6.07) is 4.03. The number of aryl methyl sites for hydroxylation is 2. The largest absolute Gasteiger partial charge is 0.467 e. The fourth-order valence-electron chi connectivity index (χ4n) is 1.76. The Labute approximate surface area is 95.3 Å². The van der Waals surface area contributed by atoms with Gasteiger partial charge in [-0.15, -0.1) is 0 Å². The Morgan fingerprint density at radius 2 is 2.38 bits per heavy atom. The summed E-state index contributed by atoms with van der Waals surface area (Å²) in [6.07, 6.45) is 4.61. The molecule has 4 nitrogen and oxygen atoms in total. The first kappa shape index (κ1) is 10.8. The molecule has 86 valence electrons. The smallest absolute Gasteiger partial charge is 0.125 e. The molecule has 2 heterocycles. The fourth-order valence-corrected chi connectivity index (χ4v) is 1.76. The summed E-state index contributed by atoms with van der Waals surface area (Å²) < 4.78 is 7.19. The van der Waals surface area contributed by atoms with Gasteiger partial charge in [-0.2, -0.15) is 5.10 Å². The fraction of sp³-hybridized carbons (Fsp3) is 0.417. The number of nitrogens with one attached hydrogen (secondary N) is 1. The van der Waals surface area contributed by atoms with Crippen molar-refractivity contribution in [2.24, 2.45) is 7.05 Å². The predicted molar refractivity (Wildman–Crippen MR) is 63.3 cm³/mol. The van der Waals surface area contributed by atoms with Crippen LogP contribution in [0.25, 0.3) is 0 Å². The summed E-state index contributed by atoms with van der Waals surface area (Å²) in [5, 5.41) is 7.79. The van der Waals surface area contributed by atoms with Gasteiger partial charge in [-0.05, 0) is 25.5 Å². The third kappa shape index (κ3) is 2.10. The third-order valence-corrected chi connectivity index (χ3v) is 2.58. The second-order valence-corrected chi connectivity index (χ2v) is 3.90. The monoisotopic (exact) mass is 219 g/mol. The van der Waals surface area contributed by atoms with Gasteiger partial charge in [-0.3, -0.25) is 4.68 Å². The molecule has 0 aliphatic carbocycles. The van der Waals surface area contributed by atoms with E-state index in [0.29, 0.717) is 0 Å². The van der Waals surface area contributed by atoms with Gasteiger partial charge in [0.15, 0.2) is 0 Å². The van der Waals surface area contributed by atoms with E-state index in [2.05, 4.69) is 24.3 Å². The zero-order chi connectivity index (χ0) is 11.5. The van der Waals surface area contributed by atoms with Crippen molar-refractivity contribution in [2.75, 3.05) is 5.32 Å². The second-order valence-electron chi connectivity index (χ2n) is 3.90. The van der Waals surface area contributed by atoms with Crippen LogP contribution in [0.2, 0.25) is 0 Å². The van der Waals surface area contributed by atoms with Crippen molar-refractivity contribution >= 4 is 5.69 Å². The second kappa shape index (κ2) is 4.43. The first-order chi connectivity index (χ1) is 7.70. The zero-order valence-corrected chi connectivity index (χ0v) is 9.90. The molecule has 0 aliphatic rings. The molecule has 2 aromatic heterocycles. The number of hydrogen-bond acceptors (Lipinski definition) is 3. The van der Waals surface area contributed by atoms with E-state index in [1.807, 2.05) is 30.1 Å². The van der Waals surface area contributed by atoms with Gasteiger partial charge in [0, 0.05) is 13.2 Å². The van der Waals surface area contributed by atoms with Gasteiger partial charge in [0.1, 0.15) is 5.76 Å². The Kier molecular flexibility index (Phi) is 2.99. The van der Waals surface area contributed by atoms with Crippen LogP contribution in [0.5, 0.6) is 0 Å². The molecule has 0 bridgehead atoms. The Bertz CT molecular complexity index is 445. The van der Waals surface area contributed by atoms with Crippen molar-refractivity contribution in [3.63, 3.8) is 0 Å². The standard InChI is InChI=1S/C12H17N3O/c1-4-10-11(8-15(3)14-10)13-9(2)12-6-5-7-16-12/h5-9,13H,4H2,1-3H3. The molecular weight excluding hydrogens is 202 g/mol. The van der Waals surface area contributed by atoms with Crippen molar-refractivity contribution in [2.45, 2.75) is 26.3 Å². The lowest BCUT2D eigenvalue weighted by Crippen LogP contribution is -2.06. The van der Waals surface area contributed by atoms with Crippen LogP contribution >= 0.6 is 0 Å². The van der Waals surface area contributed by atoms with Crippen molar-refractivity contribution in [3.05, 3.63) is 36.0 Å². The highest BCUT2D eigenvalue weighted by Gasteiger charge is 2.12. The van der Waals surface area contributed by atoms with Crippen LogP contribution in [0.15, 0.2) is 29.0 Å². The van der Waals surface area contributed by atoms with Gasteiger partial charge in [0.2, 0.25) is 0 Å². The molecular formula is C12H17N3O. The summed E-state index contributed by atoms with van der Waals surface area (Å²) in [7, 11) is 1.93. The van der Waals surface area contributed by atoms with Crippen LogP contribution in [0.4, 0.5) is 5.69 Å². The summed E-state index contributed by atoms with van der Waals surface area (Å²) in [5.41, 5.74) is 2.16. The molecule has 0 aromatic carbocycles. The molecule has 1 unspecified atom stereocenters. The van der Waals surface area contributed by atoms with Gasteiger partial charge >= 0.3 is 0 Å². The van der Waals surface area contributed by atoms with Crippen molar-refractivity contribution in [1.82, 2.24) is 9.78 Å². The summed E-state index contributed by atoms with van der Waals surface area (Å²) in [5.74, 6) is 0.936. The molecule has 0 amide bonds. The van der Waals surface area contributed by atoms with Crippen molar-refractivity contribution in [3.8, 4) is 0 Å². The van der Waals surface area contributed by atoms with E-state index in [1.165, 1.54) is 0 Å². The number of aromatic nitrogens is 2. The minimum Gasteiger partial charge on any atom is -0.467 e. The molecule has 0 saturated carbocycles. The average molecular weight is 219 g/mol. The van der Waals surface area contributed by atoms with Crippen molar-refractivity contribution < 1.29 is 4.42 Å². The highest BCUT2D eigenvalue weighted by Crippen LogP contribution is 2.22. The van der Waals surface area contributed by atoms with Crippen molar-refractivity contribution in [1.29, 1.82) is 0 Å². The highest BCUT2D eigenvalue weighted by atomic mass is 16.3. The normalized spacial score (nSPS) is 12.7. The minimum absolute atomic E-state index is 0.157. The number of hydrogen-bond donors (Lipinski definition) is 1. The molecule has 1 atom stereocenters. The lowest BCUT2D eigenvalue weighted by atomic mass is 10.2. The molecule has 4 heteroatoms. The molecule has 16 heavy (non-hydrogen) atoms. The maximum absolute atomic E-state index is 5.36. The molecule has 0 aliphatic heterocycles. The van der Waals surface area contributed by atoms with Crippen LogP contribution in [-0.4, -0.2) is 9.78 Å². The first-order valence-corrected chi connectivity index (χ1v) is 5.53. The van der Waals surface area contributed by atoms with Gasteiger partial charge in [-0.1, -0.05) is 6.92 Å². The van der Waals surface area contributed by atoms with Crippen LogP contribution in [0.1, 0.15) is 31.3 Å². The Morgan fingerprint density at radius 1 is 1.56 bits per heavy atom.